The molecule has 0 aliphatic carbocycles. The van der Waals surface area contributed by atoms with Crippen LogP contribution >= 0.6 is 11.6 Å². The number of likely N-dealkylation sites (N-methyl/N-ethyl adjacent to an activating group) is 1. The Hall–Kier alpha value is -2.26. The topological polar surface area (TPSA) is 29.5 Å². The normalized spacial score (nSPS) is 10.7. The van der Waals surface area contributed by atoms with Gasteiger partial charge in [0.15, 0.2) is 0 Å². The van der Waals surface area contributed by atoms with E-state index in [-0.39, 0.29) is 5.91 Å². The third kappa shape index (κ3) is 4.64. The van der Waals surface area contributed by atoms with Gasteiger partial charge in [0, 0.05) is 24.7 Å². The molecule has 0 radical (unpaired) electrons. The van der Waals surface area contributed by atoms with Gasteiger partial charge in [0.05, 0.1) is 7.11 Å². The Morgan fingerprint density at radius 2 is 1.95 bits per heavy atom. The van der Waals surface area contributed by atoms with Crippen LogP contribution in [0.4, 0.5) is 0 Å². The molecule has 0 fully saturated rings. The minimum absolute atomic E-state index is 0.0576. The minimum Gasteiger partial charge on any atom is -0.497 e. The maximum atomic E-state index is 12.1. The largest absolute Gasteiger partial charge is 0.497 e. The lowest BCUT2D eigenvalue weighted by Gasteiger charge is -2.15. The Morgan fingerprint density at radius 3 is 2.64 bits per heavy atom. The van der Waals surface area contributed by atoms with Crippen LogP contribution in [0.15, 0.2) is 54.6 Å². The SMILES string of the molecule is COc1cccc(/C=C/C(=O)N(C)Cc2ccc(Cl)cc2)c1. The zero-order chi connectivity index (χ0) is 15.9. The number of nitrogens with zero attached hydrogens (tertiary/aromatic N) is 1. The summed E-state index contributed by atoms with van der Waals surface area (Å²) < 4.78 is 5.16. The predicted molar refractivity (Wildman–Crippen MR) is 90.0 cm³/mol. The first kappa shape index (κ1) is 16.1. The second-order valence-electron chi connectivity index (χ2n) is 4.93. The van der Waals surface area contributed by atoms with Gasteiger partial charge in [-0.2, -0.15) is 0 Å². The fourth-order valence-electron chi connectivity index (χ4n) is 1.98. The Labute approximate surface area is 135 Å². The lowest BCUT2D eigenvalue weighted by Crippen LogP contribution is -2.24. The number of ether oxygens (including phenoxy) is 1. The third-order valence-corrected chi connectivity index (χ3v) is 3.47. The monoisotopic (exact) mass is 315 g/mol. The van der Waals surface area contributed by atoms with Gasteiger partial charge >= 0.3 is 0 Å². The van der Waals surface area contributed by atoms with E-state index in [2.05, 4.69) is 0 Å². The van der Waals surface area contributed by atoms with Crippen LogP contribution in [0.2, 0.25) is 5.02 Å². The molecule has 3 nitrogen and oxygen atoms in total. The number of hydrogen-bond donors (Lipinski definition) is 0. The maximum Gasteiger partial charge on any atom is 0.246 e. The summed E-state index contributed by atoms with van der Waals surface area (Å²) in [5.41, 5.74) is 1.96. The Bertz CT molecular complexity index is 665. The molecule has 0 N–H and O–H groups in total. The smallest absolute Gasteiger partial charge is 0.246 e. The van der Waals surface area contributed by atoms with E-state index < -0.39 is 0 Å². The number of carbonyl (C=O) groups excluding carboxylic acids is 1. The summed E-state index contributed by atoms with van der Waals surface area (Å²) >= 11 is 5.85. The van der Waals surface area contributed by atoms with Crippen LogP contribution in [0.1, 0.15) is 11.1 Å². The van der Waals surface area contributed by atoms with E-state index in [1.807, 2.05) is 48.5 Å². The van der Waals surface area contributed by atoms with E-state index in [1.54, 1.807) is 31.2 Å². The van der Waals surface area contributed by atoms with Gasteiger partial charge in [-0.05, 0) is 41.5 Å². The summed E-state index contributed by atoms with van der Waals surface area (Å²) in [6, 6.07) is 15.0. The average molecular weight is 316 g/mol. The molecule has 114 valence electrons. The molecule has 4 heteroatoms. The Morgan fingerprint density at radius 1 is 1.23 bits per heavy atom. The standard InChI is InChI=1S/C18H18ClNO2/c1-20(13-15-6-9-16(19)10-7-15)18(21)11-8-14-4-3-5-17(12-14)22-2/h3-12H,13H2,1-2H3/b11-8+. The maximum absolute atomic E-state index is 12.1. The zero-order valence-electron chi connectivity index (χ0n) is 12.6. The first-order valence-electron chi connectivity index (χ1n) is 6.90. The van der Waals surface area contributed by atoms with E-state index in [1.165, 1.54) is 0 Å². The van der Waals surface area contributed by atoms with Gasteiger partial charge in [-0.15, -0.1) is 0 Å². The van der Waals surface area contributed by atoms with Crippen LogP contribution in [-0.4, -0.2) is 25.0 Å². The second kappa shape index (κ2) is 7.66. The molecule has 2 rings (SSSR count). The summed E-state index contributed by atoms with van der Waals surface area (Å²) in [4.78, 5) is 13.8. The van der Waals surface area contributed by atoms with E-state index in [4.69, 9.17) is 16.3 Å². The Kier molecular flexibility index (Phi) is 5.61. The summed E-state index contributed by atoms with van der Waals surface area (Å²) in [5.74, 6) is 0.710. The fourth-order valence-corrected chi connectivity index (χ4v) is 2.11. The van der Waals surface area contributed by atoms with Gasteiger partial charge in [0.25, 0.3) is 0 Å². The van der Waals surface area contributed by atoms with Crippen LogP contribution in [-0.2, 0) is 11.3 Å². The summed E-state index contributed by atoms with van der Waals surface area (Å²) in [7, 11) is 3.39. The molecule has 0 atom stereocenters. The highest BCUT2D eigenvalue weighted by atomic mass is 35.5. The highest BCUT2D eigenvalue weighted by molar-refractivity contribution is 6.30. The predicted octanol–water partition coefficient (Wildman–Crippen LogP) is 4.02. The van der Waals surface area contributed by atoms with Gasteiger partial charge in [-0.1, -0.05) is 35.9 Å². The zero-order valence-corrected chi connectivity index (χ0v) is 13.4. The van der Waals surface area contributed by atoms with Crippen LogP contribution in [0, 0.1) is 0 Å². The summed E-state index contributed by atoms with van der Waals surface area (Å²) in [6.07, 6.45) is 3.34. The van der Waals surface area contributed by atoms with Crippen molar-refractivity contribution in [2.24, 2.45) is 0 Å². The third-order valence-electron chi connectivity index (χ3n) is 3.22. The van der Waals surface area contributed by atoms with Crippen molar-refractivity contribution in [1.29, 1.82) is 0 Å². The molecule has 0 aliphatic rings. The molecular formula is C18H18ClNO2. The Balaban J connectivity index is 1.98. The molecule has 22 heavy (non-hydrogen) atoms. The molecule has 0 heterocycles. The van der Waals surface area contributed by atoms with Crippen LogP contribution in [0.5, 0.6) is 5.75 Å². The van der Waals surface area contributed by atoms with Gasteiger partial charge in [-0.25, -0.2) is 0 Å². The van der Waals surface area contributed by atoms with Crippen molar-refractivity contribution >= 4 is 23.6 Å². The van der Waals surface area contributed by atoms with Crippen molar-refractivity contribution in [3.05, 3.63) is 70.8 Å². The van der Waals surface area contributed by atoms with Crippen LogP contribution in [0.25, 0.3) is 6.08 Å². The summed E-state index contributed by atoms with van der Waals surface area (Å²) in [5, 5.41) is 0.690. The minimum atomic E-state index is -0.0576. The fraction of sp³-hybridized carbons (Fsp3) is 0.167. The average Bonchev–Trinajstić information content (AvgIpc) is 2.54. The van der Waals surface area contributed by atoms with E-state index >= 15 is 0 Å². The van der Waals surface area contributed by atoms with Crippen molar-refractivity contribution < 1.29 is 9.53 Å². The molecule has 0 saturated heterocycles. The summed E-state index contributed by atoms with van der Waals surface area (Å²) in [6.45, 7) is 0.540. The number of amides is 1. The highest BCUT2D eigenvalue weighted by Crippen LogP contribution is 2.14. The van der Waals surface area contributed by atoms with Gasteiger partial charge in [0.1, 0.15) is 5.75 Å². The molecule has 0 aromatic heterocycles. The van der Waals surface area contributed by atoms with Crippen molar-refractivity contribution in [3.8, 4) is 5.75 Å². The molecule has 0 saturated carbocycles. The number of halogens is 1. The molecule has 2 aromatic carbocycles. The lowest BCUT2D eigenvalue weighted by molar-refractivity contribution is -0.125. The molecule has 0 bridgehead atoms. The highest BCUT2D eigenvalue weighted by Gasteiger charge is 2.05. The quantitative estimate of drug-likeness (QED) is 0.780. The van der Waals surface area contributed by atoms with E-state index in [0.29, 0.717) is 11.6 Å². The molecule has 0 unspecified atom stereocenters. The first-order valence-corrected chi connectivity index (χ1v) is 7.28. The number of benzene rings is 2. The van der Waals surface area contributed by atoms with Crippen molar-refractivity contribution in [2.75, 3.05) is 14.2 Å². The van der Waals surface area contributed by atoms with E-state index in [9.17, 15) is 4.79 Å². The number of methoxy groups -OCH3 is 1. The molecule has 0 aliphatic heterocycles. The number of hydrogen-bond acceptors (Lipinski definition) is 2. The number of carbonyl (C=O) groups is 1. The lowest BCUT2D eigenvalue weighted by atomic mass is 10.2. The van der Waals surface area contributed by atoms with Crippen molar-refractivity contribution in [2.45, 2.75) is 6.54 Å². The number of rotatable bonds is 5. The van der Waals surface area contributed by atoms with Crippen LogP contribution < -0.4 is 4.74 Å². The van der Waals surface area contributed by atoms with Crippen molar-refractivity contribution in [1.82, 2.24) is 4.90 Å². The molecule has 0 spiro atoms. The first-order chi connectivity index (χ1) is 10.6. The van der Waals surface area contributed by atoms with E-state index in [0.717, 1.165) is 16.9 Å². The second-order valence-corrected chi connectivity index (χ2v) is 5.37. The van der Waals surface area contributed by atoms with Crippen molar-refractivity contribution in [3.63, 3.8) is 0 Å². The van der Waals surface area contributed by atoms with Gasteiger partial charge < -0.3 is 9.64 Å². The molecule has 1 amide bonds. The van der Waals surface area contributed by atoms with Gasteiger partial charge in [-0.3, -0.25) is 4.79 Å². The molecular weight excluding hydrogens is 298 g/mol. The molecule has 2 aromatic rings. The van der Waals surface area contributed by atoms with Gasteiger partial charge in [0.2, 0.25) is 5.91 Å². The van der Waals surface area contributed by atoms with Crippen LogP contribution in [0.3, 0.4) is 0 Å².